The molecule has 2 heterocycles. The molecule has 0 saturated carbocycles. The minimum Gasteiger partial charge on any atom is -0.493 e. The summed E-state index contributed by atoms with van der Waals surface area (Å²) >= 11 is 0. The molecule has 2 rings (SSSR count). The van der Waals surface area contributed by atoms with Gasteiger partial charge < -0.3 is 15.5 Å². The number of ether oxygens (including phenoxy) is 1. The molecule has 0 amide bonds. The van der Waals surface area contributed by atoms with Crippen LogP contribution in [-0.2, 0) is 6.54 Å². The first-order valence-electron chi connectivity index (χ1n) is 4.64. The standard InChI is InChI=1S/C10H13N3O/c1-2-14-9-3-4-12-10-8(9)5-7(6-11)13-10/h3-5H,2,6,11H2,1H3,(H,12,13). The van der Waals surface area contributed by atoms with Crippen molar-refractivity contribution in [3.63, 3.8) is 0 Å². The quantitative estimate of drug-likeness (QED) is 0.771. The maximum atomic E-state index is 5.54. The SMILES string of the molecule is CCOc1ccnc2[nH]c(CN)cc12. The number of nitrogens with one attached hydrogen (secondary N) is 1. The number of fused-ring (bicyclic) bond motifs is 1. The van der Waals surface area contributed by atoms with Crippen LogP contribution in [0.4, 0.5) is 0 Å². The van der Waals surface area contributed by atoms with Crippen molar-refractivity contribution in [1.82, 2.24) is 9.97 Å². The Labute approximate surface area is 82.1 Å². The number of nitrogens with two attached hydrogens (primary N) is 1. The van der Waals surface area contributed by atoms with Gasteiger partial charge in [0.2, 0.25) is 0 Å². The van der Waals surface area contributed by atoms with Crippen LogP contribution in [0.25, 0.3) is 11.0 Å². The third kappa shape index (κ3) is 1.44. The van der Waals surface area contributed by atoms with Crippen LogP contribution in [0.5, 0.6) is 5.75 Å². The van der Waals surface area contributed by atoms with Crippen molar-refractivity contribution in [2.75, 3.05) is 6.61 Å². The predicted molar refractivity (Wildman–Crippen MR) is 55.2 cm³/mol. The van der Waals surface area contributed by atoms with E-state index < -0.39 is 0 Å². The lowest BCUT2D eigenvalue weighted by molar-refractivity contribution is 0.344. The van der Waals surface area contributed by atoms with Gasteiger partial charge in [-0.05, 0) is 19.1 Å². The van der Waals surface area contributed by atoms with Crippen molar-refractivity contribution >= 4 is 11.0 Å². The summed E-state index contributed by atoms with van der Waals surface area (Å²) in [5.74, 6) is 0.855. The lowest BCUT2D eigenvalue weighted by atomic mass is 10.3. The molecular formula is C10H13N3O. The van der Waals surface area contributed by atoms with Crippen LogP contribution in [0.2, 0.25) is 0 Å². The van der Waals surface area contributed by atoms with Gasteiger partial charge in [-0.15, -0.1) is 0 Å². The molecule has 3 N–H and O–H groups in total. The number of aromatic nitrogens is 2. The second-order valence-corrected chi connectivity index (χ2v) is 3.00. The number of H-pyrrole nitrogens is 1. The van der Waals surface area contributed by atoms with Gasteiger partial charge in [-0.25, -0.2) is 4.98 Å². The van der Waals surface area contributed by atoms with Gasteiger partial charge in [-0.2, -0.15) is 0 Å². The van der Waals surface area contributed by atoms with Crippen LogP contribution in [0, 0.1) is 0 Å². The Kier molecular flexibility index (Phi) is 2.37. The lowest BCUT2D eigenvalue weighted by Gasteiger charge is -2.02. The molecule has 0 aliphatic heterocycles. The molecular weight excluding hydrogens is 178 g/mol. The Hall–Kier alpha value is -1.55. The fourth-order valence-corrected chi connectivity index (χ4v) is 1.45. The van der Waals surface area contributed by atoms with E-state index in [0.717, 1.165) is 22.5 Å². The largest absolute Gasteiger partial charge is 0.493 e. The van der Waals surface area contributed by atoms with Gasteiger partial charge in [-0.3, -0.25) is 0 Å². The van der Waals surface area contributed by atoms with E-state index in [1.165, 1.54) is 0 Å². The van der Waals surface area contributed by atoms with Gasteiger partial charge in [-0.1, -0.05) is 0 Å². The van der Waals surface area contributed by atoms with Crippen LogP contribution in [-0.4, -0.2) is 16.6 Å². The van der Waals surface area contributed by atoms with Crippen molar-refractivity contribution in [2.24, 2.45) is 5.73 Å². The molecule has 2 aromatic rings. The molecule has 0 unspecified atom stereocenters. The van der Waals surface area contributed by atoms with Gasteiger partial charge in [0.15, 0.2) is 0 Å². The van der Waals surface area contributed by atoms with E-state index in [4.69, 9.17) is 10.5 Å². The predicted octanol–water partition coefficient (Wildman–Crippen LogP) is 1.42. The van der Waals surface area contributed by atoms with Gasteiger partial charge in [0, 0.05) is 18.4 Å². The highest BCUT2D eigenvalue weighted by Gasteiger charge is 2.05. The van der Waals surface area contributed by atoms with Crippen LogP contribution in [0.15, 0.2) is 18.3 Å². The van der Waals surface area contributed by atoms with E-state index in [-0.39, 0.29) is 0 Å². The number of aromatic amines is 1. The van der Waals surface area contributed by atoms with Crippen LogP contribution >= 0.6 is 0 Å². The van der Waals surface area contributed by atoms with Crippen molar-refractivity contribution in [3.05, 3.63) is 24.0 Å². The molecule has 4 nitrogen and oxygen atoms in total. The van der Waals surface area contributed by atoms with E-state index in [0.29, 0.717) is 13.2 Å². The number of pyridine rings is 1. The van der Waals surface area contributed by atoms with Crippen LogP contribution < -0.4 is 10.5 Å². The van der Waals surface area contributed by atoms with E-state index >= 15 is 0 Å². The van der Waals surface area contributed by atoms with Crippen molar-refractivity contribution in [1.29, 1.82) is 0 Å². The zero-order valence-corrected chi connectivity index (χ0v) is 8.08. The first-order valence-corrected chi connectivity index (χ1v) is 4.64. The normalized spacial score (nSPS) is 10.7. The molecule has 0 aliphatic rings. The number of rotatable bonds is 3. The second-order valence-electron chi connectivity index (χ2n) is 3.00. The minimum atomic E-state index is 0.488. The Bertz CT molecular complexity index is 436. The Morgan fingerprint density at radius 1 is 1.57 bits per heavy atom. The first-order chi connectivity index (χ1) is 6.85. The maximum Gasteiger partial charge on any atom is 0.141 e. The third-order valence-corrected chi connectivity index (χ3v) is 2.07. The van der Waals surface area contributed by atoms with Crippen molar-refractivity contribution in [2.45, 2.75) is 13.5 Å². The fraction of sp³-hybridized carbons (Fsp3) is 0.300. The molecule has 0 fully saturated rings. The zero-order valence-electron chi connectivity index (χ0n) is 8.08. The second kappa shape index (κ2) is 3.67. The molecule has 0 saturated heterocycles. The Morgan fingerprint density at radius 2 is 2.43 bits per heavy atom. The monoisotopic (exact) mass is 191 g/mol. The molecule has 0 radical (unpaired) electrons. The van der Waals surface area contributed by atoms with E-state index in [1.54, 1.807) is 6.20 Å². The van der Waals surface area contributed by atoms with Gasteiger partial charge >= 0.3 is 0 Å². The van der Waals surface area contributed by atoms with Gasteiger partial charge in [0.25, 0.3) is 0 Å². The molecule has 0 aromatic carbocycles. The number of nitrogens with zero attached hydrogens (tertiary/aromatic N) is 1. The Morgan fingerprint density at radius 3 is 3.14 bits per heavy atom. The van der Waals surface area contributed by atoms with Crippen molar-refractivity contribution < 1.29 is 4.74 Å². The first kappa shape index (κ1) is 9.02. The molecule has 74 valence electrons. The van der Waals surface area contributed by atoms with E-state index in [2.05, 4.69) is 9.97 Å². The highest BCUT2D eigenvalue weighted by molar-refractivity contribution is 5.83. The summed E-state index contributed by atoms with van der Waals surface area (Å²) in [5, 5.41) is 0.995. The molecule has 14 heavy (non-hydrogen) atoms. The summed E-state index contributed by atoms with van der Waals surface area (Å²) in [6.07, 6.45) is 1.73. The fourth-order valence-electron chi connectivity index (χ4n) is 1.45. The molecule has 0 spiro atoms. The number of hydrogen-bond donors (Lipinski definition) is 2. The maximum absolute atomic E-state index is 5.54. The summed E-state index contributed by atoms with van der Waals surface area (Å²) in [4.78, 5) is 7.33. The molecule has 4 heteroatoms. The average molecular weight is 191 g/mol. The number of hydrogen-bond acceptors (Lipinski definition) is 3. The highest BCUT2D eigenvalue weighted by Crippen LogP contribution is 2.24. The molecule has 2 aromatic heterocycles. The van der Waals surface area contributed by atoms with E-state index in [9.17, 15) is 0 Å². The van der Waals surface area contributed by atoms with Gasteiger partial charge in [0.05, 0.1) is 12.0 Å². The molecule has 0 aliphatic carbocycles. The smallest absolute Gasteiger partial charge is 0.141 e. The summed E-state index contributed by atoms with van der Waals surface area (Å²) < 4.78 is 5.48. The van der Waals surface area contributed by atoms with E-state index in [1.807, 2.05) is 19.1 Å². The molecule has 0 bridgehead atoms. The third-order valence-electron chi connectivity index (χ3n) is 2.07. The zero-order chi connectivity index (χ0) is 9.97. The topological polar surface area (TPSA) is 63.9 Å². The van der Waals surface area contributed by atoms with Crippen LogP contribution in [0.1, 0.15) is 12.6 Å². The summed E-state index contributed by atoms with van der Waals surface area (Å²) in [6, 6.07) is 3.84. The average Bonchev–Trinajstić information content (AvgIpc) is 2.62. The molecule has 0 atom stereocenters. The van der Waals surface area contributed by atoms with Crippen molar-refractivity contribution in [3.8, 4) is 5.75 Å². The van der Waals surface area contributed by atoms with Gasteiger partial charge in [0.1, 0.15) is 11.4 Å². The summed E-state index contributed by atoms with van der Waals surface area (Å²) in [7, 11) is 0. The summed E-state index contributed by atoms with van der Waals surface area (Å²) in [6.45, 7) is 3.10. The summed E-state index contributed by atoms with van der Waals surface area (Å²) in [5.41, 5.74) is 7.34. The minimum absolute atomic E-state index is 0.488. The van der Waals surface area contributed by atoms with Crippen LogP contribution in [0.3, 0.4) is 0 Å². The lowest BCUT2D eigenvalue weighted by Crippen LogP contribution is -1.95. The Balaban J connectivity index is 2.55. The highest BCUT2D eigenvalue weighted by atomic mass is 16.5.